The van der Waals surface area contributed by atoms with Crippen LogP contribution in [0, 0.1) is 20.2 Å². The number of carbonyl (C=O) groups excluding carboxylic acids is 1. The second-order valence-electron chi connectivity index (χ2n) is 5.91. The highest BCUT2D eigenvalue weighted by atomic mass is 16.6. The van der Waals surface area contributed by atoms with Crippen LogP contribution in [0.3, 0.4) is 0 Å². The van der Waals surface area contributed by atoms with Gasteiger partial charge >= 0.3 is 0 Å². The van der Waals surface area contributed by atoms with Crippen molar-refractivity contribution < 1.29 is 28.9 Å². The molecule has 11 heteroatoms. The summed E-state index contributed by atoms with van der Waals surface area (Å²) < 4.78 is 15.8. The fraction of sp³-hybridized carbons (Fsp3) is 0.278. The van der Waals surface area contributed by atoms with Gasteiger partial charge < -0.3 is 19.5 Å². The lowest BCUT2D eigenvalue weighted by molar-refractivity contribution is -0.394. The van der Waals surface area contributed by atoms with E-state index in [-0.39, 0.29) is 5.56 Å². The minimum Gasteiger partial charge on any atom is -0.493 e. The van der Waals surface area contributed by atoms with Gasteiger partial charge in [0.25, 0.3) is 17.3 Å². The maximum Gasteiger partial charge on any atom is 0.277 e. The van der Waals surface area contributed by atoms with E-state index >= 15 is 0 Å². The summed E-state index contributed by atoms with van der Waals surface area (Å²) in [7, 11) is 4.36. The van der Waals surface area contributed by atoms with Crippen LogP contribution < -0.4 is 19.5 Å². The molecule has 2 aromatic rings. The Morgan fingerprint density at radius 1 is 0.897 bits per heavy atom. The largest absolute Gasteiger partial charge is 0.493 e. The second kappa shape index (κ2) is 8.87. The summed E-state index contributed by atoms with van der Waals surface area (Å²) in [4.78, 5) is 33.0. The number of nitro groups is 2. The predicted molar refractivity (Wildman–Crippen MR) is 102 cm³/mol. The molecule has 2 aromatic carbocycles. The van der Waals surface area contributed by atoms with Gasteiger partial charge in [0.1, 0.15) is 0 Å². The molecule has 0 heterocycles. The van der Waals surface area contributed by atoms with E-state index in [4.69, 9.17) is 14.2 Å². The Labute approximate surface area is 165 Å². The van der Waals surface area contributed by atoms with Crippen LogP contribution in [0.25, 0.3) is 0 Å². The first-order valence-electron chi connectivity index (χ1n) is 8.26. The first-order valence-corrected chi connectivity index (χ1v) is 8.26. The summed E-state index contributed by atoms with van der Waals surface area (Å²) in [5.74, 6) is 0.438. The Balaban J connectivity index is 2.36. The molecule has 0 fully saturated rings. The number of nitro benzene ring substituents is 2. The highest BCUT2D eigenvalue weighted by Crippen LogP contribution is 2.39. The third-order valence-corrected chi connectivity index (χ3v) is 4.12. The number of rotatable bonds is 8. The topological polar surface area (TPSA) is 143 Å². The molecule has 0 bridgehead atoms. The molecule has 0 radical (unpaired) electrons. The summed E-state index contributed by atoms with van der Waals surface area (Å²) >= 11 is 0. The normalized spacial score (nSPS) is 11.3. The third kappa shape index (κ3) is 4.69. The molecule has 0 saturated heterocycles. The Kier molecular flexibility index (Phi) is 6.55. The van der Waals surface area contributed by atoms with Gasteiger partial charge in [0.05, 0.1) is 48.8 Å². The monoisotopic (exact) mass is 405 g/mol. The van der Waals surface area contributed by atoms with Gasteiger partial charge in [0.15, 0.2) is 11.5 Å². The number of hydrogen-bond acceptors (Lipinski definition) is 8. The number of carbonyl (C=O) groups is 1. The highest BCUT2D eigenvalue weighted by Gasteiger charge is 2.22. The van der Waals surface area contributed by atoms with Crippen LogP contribution >= 0.6 is 0 Å². The van der Waals surface area contributed by atoms with E-state index in [1.165, 1.54) is 21.3 Å². The van der Waals surface area contributed by atoms with Crippen molar-refractivity contribution in [3.63, 3.8) is 0 Å². The molecule has 1 amide bonds. The van der Waals surface area contributed by atoms with Gasteiger partial charge in [-0.1, -0.05) is 0 Å². The summed E-state index contributed by atoms with van der Waals surface area (Å²) in [5, 5.41) is 24.7. The molecule has 1 N–H and O–H groups in total. The van der Waals surface area contributed by atoms with Crippen molar-refractivity contribution in [2.24, 2.45) is 0 Å². The van der Waals surface area contributed by atoms with Gasteiger partial charge in [0, 0.05) is 12.1 Å². The SMILES string of the molecule is COc1cc(C(C)NC(=O)c2cc([N+](=O)[O-])cc([N+](=O)[O-])c2)cc(OC)c1OC. The first-order chi connectivity index (χ1) is 13.7. The molecule has 1 unspecified atom stereocenters. The van der Waals surface area contributed by atoms with Gasteiger partial charge in [-0.3, -0.25) is 25.0 Å². The van der Waals surface area contributed by atoms with Crippen LogP contribution in [0.4, 0.5) is 11.4 Å². The van der Waals surface area contributed by atoms with Crippen LogP contribution in [0.5, 0.6) is 17.2 Å². The van der Waals surface area contributed by atoms with Crippen molar-refractivity contribution in [2.75, 3.05) is 21.3 Å². The molecule has 0 aromatic heterocycles. The number of amides is 1. The quantitative estimate of drug-likeness (QED) is 0.521. The van der Waals surface area contributed by atoms with E-state index in [1.807, 2.05) is 0 Å². The molecule has 11 nitrogen and oxygen atoms in total. The lowest BCUT2D eigenvalue weighted by atomic mass is 10.1. The number of nitrogens with zero attached hydrogens (tertiary/aromatic N) is 2. The third-order valence-electron chi connectivity index (χ3n) is 4.12. The smallest absolute Gasteiger partial charge is 0.277 e. The summed E-state index contributed by atoms with van der Waals surface area (Å²) in [5.41, 5.74) is -0.701. The lowest BCUT2D eigenvalue weighted by Crippen LogP contribution is -2.26. The molecule has 0 aliphatic rings. The van der Waals surface area contributed by atoms with E-state index in [0.29, 0.717) is 22.8 Å². The number of non-ortho nitro benzene ring substituents is 2. The van der Waals surface area contributed by atoms with Gasteiger partial charge in [-0.25, -0.2) is 0 Å². The van der Waals surface area contributed by atoms with Crippen molar-refractivity contribution in [1.29, 1.82) is 0 Å². The number of benzene rings is 2. The van der Waals surface area contributed by atoms with Crippen molar-refractivity contribution in [1.82, 2.24) is 5.32 Å². The van der Waals surface area contributed by atoms with Gasteiger partial charge in [-0.05, 0) is 24.6 Å². The minimum atomic E-state index is -0.799. The van der Waals surface area contributed by atoms with Crippen LogP contribution in [-0.2, 0) is 0 Å². The fourth-order valence-corrected chi connectivity index (χ4v) is 2.65. The van der Waals surface area contributed by atoms with Gasteiger partial charge in [0.2, 0.25) is 5.75 Å². The maximum atomic E-state index is 12.6. The number of nitrogens with one attached hydrogen (secondary N) is 1. The Hall–Kier alpha value is -3.89. The number of hydrogen-bond donors (Lipinski definition) is 1. The Morgan fingerprint density at radius 2 is 1.38 bits per heavy atom. The molecule has 1 atom stereocenters. The zero-order chi connectivity index (χ0) is 21.7. The molecular weight excluding hydrogens is 386 g/mol. The first kappa shape index (κ1) is 21.4. The number of ether oxygens (including phenoxy) is 3. The van der Waals surface area contributed by atoms with E-state index < -0.39 is 33.2 Å². The minimum absolute atomic E-state index is 0.204. The summed E-state index contributed by atoms with van der Waals surface area (Å²) in [6.45, 7) is 1.67. The average Bonchev–Trinajstić information content (AvgIpc) is 2.71. The highest BCUT2D eigenvalue weighted by molar-refractivity contribution is 5.95. The lowest BCUT2D eigenvalue weighted by Gasteiger charge is -2.18. The van der Waals surface area contributed by atoms with Crippen LogP contribution in [0.2, 0.25) is 0 Å². The van der Waals surface area contributed by atoms with E-state index in [9.17, 15) is 25.0 Å². The Bertz CT molecular complexity index is 903. The summed E-state index contributed by atoms with van der Waals surface area (Å²) in [6, 6.07) is 5.45. The van der Waals surface area contributed by atoms with E-state index in [2.05, 4.69) is 5.32 Å². The second-order valence-corrected chi connectivity index (χ2v) is 5.91. The molecule has 0 saturated carbocycles. The van der Waals surface area contributed by atoms with Gasteiger partial charge in [-0.15, -0.1) is 0 Å². The molecule has 29 heavy (non-hydrogen) atoms. The van der Waals surface area contributed by atoms with Crippen molar-refractivity contribution in [3.05, 3.63) is 61.7 Å². The predicted octanol–water partition coefficient (Wildman–Crippen LogP) is 3.02. The van der Waals surface area contributed by atoms with Crippen LogP contribution in [-0.4, -0.2) is 37.1 Å². The van der Waals surface area contributed by atoms with Crippen LogP contribution in [0.1, 0.15) is 28.9 Å². The molecule has 0 spiro atoms. The van der Waals surface area contributed by atoms with E-state index in [1.54, 1.807) is 19.1 Å². The maximum absolute atomic E-state index is 12.6. The van der Waals surface area contributed by atoms with Crippen molar-refractivity contribution >= 4 is 17.3 Å². The summed E-state index contributed by atoms with van der Waals surface area (Å²) in [6.07, 6.45) is 0. The number of methoxy groups -OCH3 is 3. The van der Waals surface area contributed by atoms with Gasteiger partial charge in [-0.2, -0.15) is 0 Å². The van der Waals surface area contributed by atoms with E-state index in [0.717, 1.165) is 18.2 Å². The Morgan fingerprint density at radius 3 is 1.76 bits per heavy atom. The fourth-order valence-electron chi connectivity index (χ4n) is 2.65. The zero-order valence-corrected chi connectivity index (χ0v) is 16.1. The average molecular weight is 405 g/mol. The standard InChI is InChI=1S/C18H19N3O8/c1-10(11-7-15(27-2)17(29-4)16(8-11)28-3)19-18(22)12-5-13(20(23)24)9-14(6-12)21(25)26/h5-10H,1-4H3,(H,19,22). The van der Waals surface area contributed by atoms with Crippen LogP contribution in [0.15, 0.2) is 30.3 Å². The molecule has 0 aliphatic heterocycles. The molecule has 2 rings (SSSR count). The molecule has 154 valence electrons. The molecular formula is C18H19N3O8. The van der Waals surface area contributed by atoms with Crippen molar-refractivity contribution in [3.8, 4) is 17.2 Å². The molecule has 0 aliphatic carbocycles. The van der Waals surface area contributed by atoms with Crippen molar-refractivity contribution in [2.45, 2.75) is 13.0 Å². The zero-order valence-electron chi connectivity index (χ0n) is 16.1.